The van der Waals surface area contributed by atoms with Crippen molar-refractivity contribution in [3.63, 3.8) is 0 Å². The van der Waals surface area contributed by atoms with Crippen LogP contribution in [0.4, 0.5) is 0 Å². The van der Waals surface area contributed by atoms with Gasteiger partial charge in [0.15, 0.2) is 5.78 Å². The molecule has 31 heavy (non-hydrogen) atoms. The fourth-order valence-corrected chi connectivity index (χ4v) is 3.93. The minimum absolute atomic E-state index is 0.0650. The third kappa shape index (κ3) is 4.04. The maximum atomic E-state index is 13.2. The Morgan fingerprint density at radius 3 is 2.16 bits per heavy atom. The molecule has 158 valence electrons. The number of ketones is 1. The number of aromatic nitrogens is 2. The lowest BCUT2D eigenvalue weighted by atomic mass is 9.85. The minimum Gasteiger partial charge on any atom is -0.508 e. The number of rotatable bonds is 5. The SMILES string of the molecule is CC(C)(C)c1cc(C(=O)Cn2c(=N)n(Cc3ccccc3)c3ccccc32)ccc1O. The van der Waals surface area contributed by atoms with Crippen LogP contribution in [0.3, 0.4) is 0 Å². The maximum absolute atomic E-state index is 13.2. The van der Waals surface area contributed by atoms with Gasteiger partial charge in [0.1, 0.15) is 5.75 Å². The number of hydrogen-bond donors (Lipinski definition) is 2. The fourth-order valence-electron chi connectivity index (χ4n) is 3.93. The number of carbonyl (C=O) groups excluding carboxylic acids is 1. The van der Waals surface area contributed by atoms with Gasteiger partial charge in [-0.3, -0.25) is 10.2 Å². The molecule has 0 aliphatic heterocycles. The molecular weight excluding hydrogens is 386 g/mol. The van der Waals surface area contributed by atoms with Crippen molar-refractivity contribution in [3.05, 3.63) is 95.1 Å². The summed E-state index contributed by atoms with van der Waals surface area (Å²) >= 11 is 0. The van der Waals surface area contributed by atoms with Gasteiger partial charge in [0.25, 0.3) is 0 Å². The molecule has 0 fully saturated rings. The smallest absolute Gasteiger partial charge is 0.203 e. The molecule has 0 radical (unpaired) electrons. The number of phenolic OH excluding ortho intramolecular Hbond substituents is 1. The molecule has 1 aromatic heterocycles. The van der Waals surface area contributed by atoms with Crippen molar-refractivity contribution >= 4 is 16.8 Å². The Morgan fingerprint density at radius 1 is 0.903 bits per heavy atom. The average Bonchev–Trinajstić information content (AvgIpc) is 3.00. The topological polar surface area (TPSA) is 71.0 Å². The second kappa shape index (κ2) is 7.91. The summed E-state index contributed by atoms with van der Waals surface area (Å²) in [5.74, 6) is 0.101. The number of nitrogens with one attached hydrogen (secondary N) is 1. The highest BCUT2D eigenvalue weighted by Crippen LogP contribution is 2.31. The maximum Gasteiger partial charge on any atom is 0.203 e. The van der Waals surface area contributed by atoms with Crippen LogP contribution < -0.4 is 5.62 Å². The van der Waals surface area contributed by atoms with Gasteiger partial charge in [-0.05, 0) is 46.9 Å². The third-order valence-corrected chi connectivity index (χ3v) is 5.59. The van der Waals surface area contributed by atoms with E-state index >= 15 is 0 Å². The predicted octanol–water partition coefficient (Wildman–Crippen LogP) is 4.86. The van der Waals surface area contributed by atoms with Crippen molar-refractivity contribution in [2.45, 2.75) is 39.3 Å². The summed E-state index contributed by atoms with van der Waals surface area (Å²) in [6, 6.07) is 22.8. The molecule has 4 aromatic rings. The highest BCUT2D eigenvalue weighted by molar-refractivity contribution is 5.97. The Hall–Kier alpha value is -3.60. The standard InChI is InChI=1S/C26H27N3O2/c1-26(2,3)20-15-19(13-14-23(20)30)24(31)17-29-22-12-8-7-11-21(22)28(25(29)27)16-18-9-5-4-6-10-18/h4-15,27,30H,16-17H2,1-3H3. The summed E-state index contributed by atoms with van der Waals surface area (Å²) in [5.41, 5.74) is 4.16. The lowest BCUT2D eigenvalue weighted by Crippen LogP contribution is -2.27. The zero-order valence-corrected chi connectivity index (χ0v) is 18.1. The number of aromatic hydroxyl groups is 1. The van der Waals surface area contributed by atoms with Crippen LogP contribution in [-0.2, 0) is 18.5 Å². The molecule has 1 heterocycles. The summed E-state index contributed by atoms with van der Waals surface area (Å²) in [7, 11) is 0. The Morgan fingerprint density at radius 2 is 1.52 bits per heavy atom. The van der Waals surface area contributed by atoms with Crippen molar-refractivity contribution in [2.24, 2.45) is 0 Å². The molecule has 0 bridgehead atoms. The first-order valence-electron chi connectivity index (χ1n) is 10.4. The highest BCUT2D eigenvalue weighted by Gasteiger charge is 2.21. The van der Waals surface area contributed by atoms with E-state index in [9.17, 15) is 9.90 Å². The van der Waals surface area contributed by atoms with Crippen LogP contribution in [-0.4, -0.2) is 20.0 Å². The number of hydrogen-bond acceptors (Lipinski definition) is 3. The van der Waals surface area contributed by atoms with E-state index in [1.807, 2.05) is 79.9 Å². The number of benzene rings is 3. The molecule has 0 spiro atoms. The van der Waals surface area contributed by atoms with E-state index in [4.69, 9.17) is 5.41 Å². The van der Waals surface area contributed by atoms with Gasteiger partial charge in [-0.25, -0.2) is 0 Å². The Balaban J connectivity index is 1.73. The zero-order valence-electron chi connectivity index (χ0n) is 18.1. The van der Waals surface area contributed by atoms with Crippen LogP contribution in [0.15, 0.2) is 72.8 Å². The number of fused-ring (bicyclic) bond motifs is 1. The van der Waals surface area contributed by atoms with Crippen molar-refractivity contribution in [3.8, 4) is 5.75 Å². The molecule has 0 aliphatic carbocycles. The number of carbonyl (C=O) groups is 1. The van der Waals surface area contributed by atoms with Crippen LogP contribution in [0.25, 0.3) is 11.0 Å². The molecule has 0 amide bonds. The molecule has 0 saturated carbocycles. The third-order valence-electron chi connectivity index (χ3n) is 5.59. The normalized spacial score (nSPS) is 11.7. The second-order valence-corrected chi connectivity index (χ2v) is 8.88. The minimum atomic E-state index is -0.278. The number of para-hydroxylation sites is 2. The molecular formula is C26H27N3O2. The molecule has 5 heteroatoms. The predicted molar refractivity (Wildman–Crippen MR) is 122 cm³/mol. The van der Waals surface area contributed by atoms with E-state index in [1.54, 1.807) is 22.8 Å². The Bertz CT molecular complexity index is 1310. The van der Waals surface area contributed by atoms with E-state index in [1.165, 1.54) is 0 Å². The van der Waals surface area contributed by atoms with Crippen LogP contribution in [0.2, 0.25) is 0 Å². The van der Waals surface area contributed by atoms with Gasteiger partial charge in [-0.2, -0.15) is 0 Å². The van der Waals surface area contributed by atoms with Crippen LogP contribution in [0, 0.1) is 5.41 Å². The number of imidazole rings is 1. The molecule has 0 aliphatic rings. The number of nitrogens with zero attached hydrogens (tertiary/aromatic N) is 2. The van der Waals surface area contributed by atoms with Crippen LogP contribution in [0.1, 0.15) is 42.3 Å². The lowest BCUT2D eigenvalue weighted by molar-refractivity contribution is 0.0971. The molecule has 4 rings (SSSR count). The summed E-state index contributed by atoms with van der Waals surface area (Å²) < 4.78 is 3.68. The number of phenols is 1. The van der Waals surface area contributed by atoms with Gasteiger partial charge < -0.3 is 14.2 Å². The van der Waals surface area contributed by atoms with Gasteiger partial charge in [0.2, 0.25) is 5.62 Å². The van der Waals surface area contributed by atoms with Crippen LogP contribution in [0.5, 0.6) is 5.75 Å². The monoisotopic (exact) mass is 413 g/mol. The number of Topliss-reactive ketones (excluding diaryl/α,β-unsaturated/α-hetero) is 1. The molecule has 0 atom stereocenters. The van der Waals surface area contributed by atoms with E-state index in [-0.39, 0.29) is 29.1 Å². The largest absolute Gasteiger partial charge is 0.508 e. The summed E-state index contributed by atoms with van der Waals surface area (Å²) in [4.78, 5) is 13.2. The molecule has 2 N–H and O–H groups in total. The Kier molecular flexibility index (Phi) is 5.27. The molecule has 5 nitrogen and oxygen atoms in total. The van der Waals surface area contributed by atoms with Crippen molar-refractivity contribution in [1.82, 2.24) is 9.13 Å². The Labute approximate surface area is 181 Å². The first kappa shape index (κ1) is 20.7. The summed E-state index contributed by atoms with van der Waals surface area (Å²) in [6.45, 7) is 6.64. The first-order valence-corrected chi connectivity index (χ1v) is 10.4. The fraction of sp³-hybridized carbons (Fsp3) is 0.231. The van der Waals surface area contributed by atoms with E-state index in [0.29, 0.717) is 12.1 Å². The quantitative estimate of drug-likeness (QED) is 0.459. The first-order chi connectivity index (χ1) is 14.8. The highest BCUT2D eigenvalue weighted by atomic mass is 16.3. The van der Waals surface area contributed by atoms with E-state index in [0.717, 1.165) is 22.2 Å². The molecule has 3 aromatic carbocycles. The van der Waals surface area contributed by atoms with Gasteiger partial charge in [0.05, 0.1) is 24.1 Å². The van der Waals surface area contributed by atoms with Gasteiger partial charge >= 0.3 is 0 Å². The van der Waals surface area contributed by atoms with Crippen LogP contribution >= 0.6 is 0 Å². The second-order valence-electron chi connectivity index (χ2n) is 8.88. The van der Waals surface area contributed by atoms with E-state index < -0.39 is 0 Å². The van der Waals surface area contributed by atoms with Crippen molar-refractivity contribution in [1.29, 1.82) is 5.41 Å². The van der Waals surface area contributed by atoms with Crippen molar-refractivity contribution in [2.75, 3.05) is 0 Å². The molecule has 0 saturated heterocycles. The zero-order chi connectivity index (χ0) is 22.2. The summed E-state index contributed by atoms with van der Waals surface area (Å²) in [6.07, 6.45) is 0. The van der Waals surface area contributed by atoms with E-state index in [2.05, 4.69) is 0 Å². The lowest BCUT2D eigenvalue weighted by Gasteiger charge is -2.21. The average molecular weight is 414 g/mol. The van der Waals surface area contributed by atoms with Gasteiger partial charge in [-0.15, -0.1) is 0 Å². The molecule has 0 unspecified atom stereocenters. The van der Waals surface area contributed by atoms with Crippen molar-refractivity contribution < 1.29 is 9.90 Å². The van der Waals surface area contributed by atoms with Gasteiger partial charge in [-0.1, -0.05) is 63.2 Å². The van der Waals surface area contributed by atoms with Gasteiger partial charge in [0, 0.05) is 5.56 Å². The summed E-state index contributed by atoms with van der Waals surface area (Å²) in [5, 5.41) is 19.0.